The quantitative estimate of drug-likeness (QED) is 0.767. The minimum atomic E-state index is -1.58. The number of hydrogen-bond donors (Lipinski definition) is 1. The molecule has 0 spiro atoms. The number of fused-ring (bicyclic) bond motifs is 1. The first-order chi connectivity index (χ1) is 10.5. The summed E-state index contributed by atoms with van der Waals surface area (Å²) in [7, 11) is 0. The first-order valence-electron chi connectivity index (χ1n) is 6.34. The smallest absolute Gasteiger partial charge is 0.262 e. The van der Waals surface area contributed by atoms with E-state index in [1.54, 1.807) is 0 Å². The van der Waals surface area contributed by atoms with E-state index in [0.717, 1.165) is 18.2 Å². The van der Waals surface area contributed by atoms with Crippen LogP contribution < -0.4 is 5.11 Å². The number of halogens is 1. The Morgan fingerprint density at radius 1 is 1.32 bits per heavy atom. The van der Waals surface area contributed by atoms with Crippen LogP contribution in [0.5, 0.6) is 0 Å². The SMILES string of the molecule is O=C([O-])[C@@H](Cc1cnc[nH]1)N1C(=O)c2ccc(F)cc2C1=O. The van der Waals surface area contributed by atoms with Crippen LogP contribution in [0.15, 0.2) is 30.7 Å². The third kappa shape index (κ3) is 2.14. The monoisotopic (exact) mass is 302 g/mol. The molecule has 0 fully saturated rings. The van der Waals surface area contributed by atoms with Crippen molar-refractivity contribution < 1.29 is 23.9 Å². The van der Waals surface area contributed by atoms with Crippen LogP contribution in [-0.2, 0) is 11.2 Å². The number of H-pyrrole nitrogens is 1. The number of hydrogen-bond acceptors (Lipinski definition) is 5. The highest BCUT2D eigenvalue weighted by Gasteiger charge is 2.40. The molecular weight excluding hydrogens is 293 g/mol. The molecule has 1 N–H and O–H groups in total. The van der Waals surface area contributed by atoms with Gasteiger partial charge in [0.2, 0.25) is 0 Å². The van der Waals surface area contributed by atoms with Gasteiger partial charge in [-0.25, -0.2) is 9.37 Å². The van der Waals surface area contributed by atoms with E-state index in [4.69, 9.17) is 0 Å². The minimum absolute atomic E-state index is 0.0257. The van der Waals surface area contributed by atoms with Crippen LogP contribution in [-0.4, -0.2) is 38.7 Å². The zero-order valence-electron chi connectivity index (χ0n) is 11.1. The first kappa shape index (κ1) is 13.9. The number of rotatable bonds is 4. The molecule has 1 aromatic carbocycles. The van der Waals surface area contributed by atoms with Gasteiger partial charge in [0.05, 0.1) is 29.5 Å². The molecule has 0 radical (unpaired) electrons. The van der Waals surface area contributed by atoms with Crippen molar-refractivity contribution in [2.45, 2.75) is 12.5 Å². The molecule has 0 saturated heterocycles. The number of carboxylic acid groups (broad SMARTS) is 1. The first-order valence-corrected chi connectivity index (χ1v) is 6.34. The molecule has 1 atom stereocenters. The van der Waals surface area contributed by atoms with Crippen molar-refractivity contribution in [3.63, 3.8) is 0 Å². The molecule has 7 nitrogen and oxygen atoms in total. The minimum Gasteiger partial charge on any atom is -0.548 e. The van der Waals surface area contributed by atoms with Crippen molar-refractivity contribution in [1.82, 2.24) is 14.9 Å². The molecule has 0 aliphatic carbocycles. The summed E-state index contributed by atoms with van der Waals surface area (Å²) < 4.78 is 13.2. The Morgan fingerprint density at radius 3 is 2.68 bits per heavy atom. The summed E-state index contributed by atoms with van der Waals surface area (Å²) in [4.78, 5) is 42.9. The van der Waals surface area contributed by atoms with Crippen LogP contribution >= 0.6 is 0 Å². The fraction of sp³-hybridized carbons (Fsp3) is 0.143. The average molecular weight is 302 g/mol. The summed E-state index contributed by atoms with van der Waals surface area (Å²) in [5.41, 5.74) is 0.250. The van der Waals surface area contributed by atoms with Gasteiger partial charge < -0.3 is 14.9 Å². The maximum atomic E-state index is 13.2. The summed E-state index contributed by atoms with van der Waals surface area (Å²) in [6.45, 7) is 0. The molecule has 0 bridgehead atoms. The highest BCUT2D eigenvalue weighted by Crippen LogP contribution is 2.26. The summed E-state index contributed by atoms with van der Waals surface area (Å²) in [6.07, 6.45) is 2.56. The summed E-state index contributed by atoms with van der Waals surface area (Å²) in [6, 6.07) is 1.61. The largest absolute Gasteiger partial charge is 0.548 e. The second kappa shape index (κ2) is 5.06. The molecule has 112 valence electrons. The fourth-order valence-electron chi connectivity index (χ4n) is 2.40. The lowest BCUT2D eigenvalue weighted by Crippen LogP contribution is -2.51. The number of benzene rings is 1. The molecule has 0 unspecified atom stereocenters. The van der Waals surface area contributed by atoms with E-state index in [1.165, 1.54) is 12.5 Å². The molecule has 1 aliphatic heterocycles. The Morgan fingerprint density at radius 2 is 2.05 bits per heavy atom. The number of aliphatic carboxylic acids is 1. The zero-order chi connectivity index (χ0) is 15.9. The summed E-state index contributed by atoms with van der Waals surface area (Å²) in [5, 5.41) is 11.4. The van der Waals surface area contributed by atoms with Crippen molar-refractivity contribution in [2.75, 3.05) is 0 Å². The van der Waals surface area contributed by atoms with Gasteiger partial charge in [-0.05, 0) is 18.2 Å². The van der Waals surface area contributed by atoms with Gasteiger partial charge in [0.25, 0.3) is 11.8 Å². The zero-order valence-corrected chi connectivity index (χ0v) is 11.1. The van der Waals surface area contributed by atoms with Crippen molar-refractivity contribution in [2.24, 2.45) is 0 Å². The Balaban J connectivity index is 1.98. The second-order valence-corrected chi connectivity index (χ2v) is 4.79. The normalized spacial score (nSPS) is 15.0. The predicted molar refractivity (Wildman–Crippen MR) is 68.0 cm³/mol. The van der Waals surface area contributed by atoms with Crippen molar-refractivity contribution in [3.05, 3.63) is 53.4 Å². The molecule has 2 amide bonds. The molecule has 0 saturated carbocycles. The van der Waals surface area contributed by atoms with Gasteiger partial charge in [-0.2, -0.15) is 0 Å². The molecule has 1 aromatic heterocycles. The number of imidazole rings is 1. The average Bonchev–Trinajstić information content (AvgIpc) is 3.05. The van der Waals surface area contributed by atoms with Gasteiger partial charge in [-0.3, -0.25) is 14.5 Å². The molecule has 2 heterocycles. The third-order valence-electron chi connectivity index (χ3n) is 3.43. The highest BCUT2D eigenvalue weighted by molar-refractivity contribution is 6.22. The van der Waals surface area contributed by atoms with Crippen molar-refractivity contribution in [3.8, 4) is 0 Å². The van der Waals surface area contributed by atoms with Gasteiger partial charge >= 0.3 is 0 Å². The van der Waals surface area contributed by atoms with E-state index in [9.17, 15) is 23.9 Å². The van der Waals surface area contributed by atoms with Crippen LogP contribution in [0.1, 0.15) is 26.4 Å². The lowest BCUT2D eigenvalue weighted by molar-refractivity contribution is -0.310. The number of aromatic nitrogens is 2. The predicted octanol–water partition coefficient (Wildman–Crippen LogP) is -0.494. The molecule has 22 heavy (non-hydrogen) atoms. The van der Waals surface area contributed by atoms with Gasteiger partial charge in [0, 0.05) is 18.3 Å². The Bertz CT molecular complexity index is 772. The van der Waals surface area contributed by atoms with Gasteiger partial charge in [-0.1, -0.05) is 0 Å². The number of carbonyl (C=O) groups excluding carboxylic acids is 3. The van der Waals surface area contributed by atoms with Crippen LogP contribution in [0.2, 0.25) is 0 Å². The third-order valence-corrected chi connectivity index (χ3v) is 3.43. The number of nitrogens with zero attached hydrogens (tertiary/aromatic N) is 2. The van der Waals surface area contributed by atoms with E-state index < -0.39 is 29.6 Å². The van der Waals surface area contributed by atoms with Crippen LogP contribution in [0.4, 0.5) is 4.39 Å². The van der Waals surface area contributed by atoms with Crippen LogP contribution in [0, 0.1) is 5.82 Å². The van der Waals surface area contributed by atoms with Gasteiger partial charge in [-0.15, -0.1) is 0 Å². The van der Waals surface area contributed by atoms with E-state index in [1.807, 2.05) is 0 Å². The Labute approximate surface area is 123 Å². The molecular formula is C14H9FN3O4-. The standard InChI is InChI=1S/C14H10FN3O4/c15-7-1-2-9-10(3-7)13(20)18(12(9)19)11(14(21)22)4-8-5-16-6-17-8/h1-3,5-6,11H,4H2,(H,16,17)(H,21,22)/p-1/t11-/m1/s1. The van der Waals surface area contributed by atoms with E-state index in [-0.39, 0.29) is 17.5 Å². The molecule has 8 heteroatoms. The molecule has 2 aromatic rings. The topological polar surface area (TPSA) is 106 Å². The molecule has 3 rings (SSSR count). The van der Waals surface area contributed by atoms with E-state index in [0.29, 0.717) is 10.6 Å². The lowest BCUT2D eigenvalue weighted by atomic mass is 10.1. The Hall–Kier alpha value is -3.03. The Kier molecular flexibility index (Phi) is 3.21. The van der Waals surface area contributed by atoms with Gasteiger partial charge in [0.15, 0.2) is 0 Å². The van der Waals surface area contributed by atoms with E-state index in [2.05, 4.69) is 9.97 Å². The highest BCUT2D eigenvalue weighted by atomic mass is 19.1. The van der Waals surface area contributed by atoms with Crippen molar-refractivity contribution >= 4 is 17.8 Å². The van der Waals surface area contributed by atoms with Crippen LogP contribution in [0.3, 0.4) is 0 Å². The van der Waals surface area contributed by atoms with Crippen molar-refractivity contribution in [1.29, 1.82) is 0 Å². The number of carboxylic acids is 1. The van der Waals surface area contributed by atoms with E-state index >= 15 is 0 Å². The fourth-order valence-corrected chi connectivity index (χ4v) is 2.40. The second-order valence-electron chi connectivity index (χ2n) is 4.79. The lowest BCUT2D eigenvalue weighted by Gasteiger charge is -2.26. The molecule has 1 aliphatic rings. The van der Waals surface area contributed by atoms with Gasteiger partial charge in [0.1, 0.15) is 5.82 Å². The van der Waals surface area contributed by atoms with Crippen LogP contribution in [0.25, 0.3) is 0 Å². The maximum Gasteiger partial charge on any atom is 0.262 e. The maximum absolute atomic E-state index is 13.2. The number of carbonyl (C=O) groups is 3. The summed E-state index contributed by atoms with van der Waals surface area (Å²) >= 11 is 0. The number of aromatic amines is 1. The number of nitrogens with one attached hydrogen (secondary N) is 1. The summed E-state index contributed by atoms with van der Waals surface area (Å²) in [5.74, 6) is -3.90. The number of amides is 2. The number of imide groups is 1.